The standard InChI is InChI=1S/C15H17N3O3/c1-9-2-5-14(17-8-9)18-15(21)11(16)6-10-3-4-12(19)13(20)7-10/h2-5,7-8,11,19-20H,6,16H2,1H3,(H,17,18,21)/t11-/m0/s1. The zero-order valence-electron chi connectivity index (χ0n) is 11.6. The molecule has 5 N–H and O–H groups in total. The Kier molecular flexibility index (Phi) is 4.39. The zero-order valence-corrected chi connectivity index (χ0v) is 11.6. The summed E-state index contributed by atoms with van der Waals surface area (Å²) >= 11 is 0. The summed E-state index contributed by atoms with van der Waals surface area (Å²) in [6, 6.07) is 7.10. The van der Waals surface area contributed by atoms with Crippen molar-refractivity contribution in [3.05, 3.63) is 47.7 Å². The summed E-state index contributed by atoms with van der Waals surface area (Å²) in [6.07, 6.45) is 1.89. The fourth-order valence-corrected chi connectivity index (χ4v) is 1.80. The molecule has 0 saturated carbocycles. The van der Waals surface area contributed by atoms with Crippen molar-refractivity contribution in [3.63, 3.8) is 0 Å². The first-order valence-electron chi connectivity index (χ1n) is 6.45. The van der Waals surface area contributed by atoms with E-state index in [0.717, 1.165) is 5.56 Å². The molecule has 0 saturated heterocycles. The minimum Gasteiger partial charge on any atom is -0.504 e. The van der Waals surface area contributed by atoms with E-state index < -0.39 is 6.04 Å². The average molecular weight is 287 g/mol. The molecule has 0 fully saturated rings. The molecule has 1 aromatic carbocycles. The van der Waals surface area contributed by atoms with Gasteiger partial charge in [0.05, 0.1) is 6.04 Å². The van der Waals surface area contributed by atoms with E-state index in [-0.39, 0.29) is 23.8 Å². The monoisotopic (exact) mass is 287 g/mol. The van der Waals surface area contributed by atoms with Crippen LogP contribution in [-0.4, -0.2) is 27.1 Å². The van der Waals surface area contributed by atoms with Crippen molar-refractivity contribution in [3.8, 4) is 11.5 Å². The van der Waals surface area contributed by atoms with Crippen LogP contribution in [0.5, 0.6) is 11.5 Å². The topological polar surface area (TPSA) is 108 Å². The summed E-state index contributed by atoms with van der Waals surface area (Å²) in [7, 11) is 0. The Morgan fingerprint density at radius 3 is 2.67 bits per heavy atom. The summed E-state index contributed by atoms with van der Waals surface area (Å²) in [5, 5.41) is 21.3. The number of pyridine rings is 1. The summed E-state index contributed by atoms with van der Waals surface area (Å²) in [5.74, 6) is -0.366. The number of aromatic nitrogens is 1. The Morgan fingerprint density at radius 2 is 2.05 bits per heavy atom. The number of anilines is 1. The largest absolute Gasteiger partial charge is 0.504 e. The van der Waals surface area contributed by atoms with Crippen LogP contribution in [0.2, 0.25) is 0 Å². The first kappa shape index (κ1) is 14.8. The van der Waals surface area contributed by atoms with Gasteiger partial charge in [0.1, 0.15) is 5.82 Å². The molecule has 2 rings (SSSR count). The lowest BCUT2D eigenvalue weighted by Crippen LogP contribution is -2.37. The van der Waals surface area contributed by atoms with Crippen LogP contribution < -0.4 is 11.1 Å². The molecule has 0 aliphatic heterocycles. The zero-order chi connectivity index (χ0) is 15.4. The van der Waals surface area contributed by atoms with E-state index in [2.05, 4.69) is 10.3 Å². The highest BCUT2D eigenvalue weighted by molar-refractivity contribution is 5.94. The quantitative estimate of drug-likeness (QED) is 0.634. The van der Waals surface area contributed by atoms with Crippen molar-refractivity contribution in [1.82, 2.24) is 4.98 Å². The Balaban J connectivity index is 1.98. The molecule has 21 heavy (non-hydrogen) atoms. The van der Waals surface area contributed by atoms with Gasteiger partial charge in [-0.1, -0.05) is 12.1 Å². The molecule has 110 valence electrons. The van der Waals surface area contributed by atoms with Crippen LogP contribution in [0.15, 0.2) is 36.5 Å². The third-order valence-corrected chi connectivity index (χ3v) is 2.99. The second-order valence-corrected chi connectivity index (χ2v) is 4.84. The predicted octanol–water partition coefficient (Wildman–Crippen LogP) is 1.31. The van der Waals surface area contributed by atoms with Gasteiger partial charge >= 0.3 is 0 Å². The van der Waals surface area contributed by atoms with Crippen LogP contribution in [0.1, 0.15) is 11.1 Å². The molecule has 0 aliphatic carbocycles. The molecule has 6 nitrogen and oxygen atoms in total. The van der Waals surface area contributed by atoms with Crippen LogP contribution in [0.25, 0.3) is 0 Å². The summed E-state index contributed by atoms with van der Waals surface area (Å²) in [4.78, 5) is 16.0. The molecular weight excluding hydrogens is 270 g/mol. The molecule has 1 aromatic heterocycles. The highest BCUT2D eigenvalue weighted by Gasteiger charge is 2.15. The minimum absolute atomic E-state index is 0.208. The van der Waals surface area contributed by atoms with Crippen LogP contribution in [-0.2, 0) is 11.2 Å². The van der Waals surface area contributed by atoms with Gasteiger partial charge in [-0.15, -0.1) is 0 Å². The Labute approximate surface area is 122 Å². The van der Waals surface area contributed by atoms with Crippen molar-refractivity contribution in [2.75, 3.05) is 5.32 Å². The van der Waals surface area contributed by atoms with Crippen LogP contribution >= 0.6 is 0 Å². The van der Waals surface area contributed by atoms with E-state index in [1.165, 1.54) is 12.1 Å². The third-order valence-electron chi connectivity index (χ3n) is 2.99. The number of carbonyl (C=O) groups is 1. The minimum atomic E-state index is -0.781. The Hall–Kier alpha value is -2.60. The normalized spacial score (nSPS) is 11.9. The summed E-state index contributed by atoms with van der Waals surface area (Å²) in [5.41, 5.74) is 7.49. The maximum atomic E-state index is 12.0. The molecule has 0 radical (unpaired) electrons. The number of aryl methyl sites for hydroxylation is 1. The molecule has 0 unspecified atom stereocenters. The van der Waals surface area contributed by atoms with Crippen LogP contribution in [0, 0.1) is 6.92 Å². The van der Waals surface area contributed by atoms with Crippen molar-refractivity contribution in [2.24, 2.45) is 5.73 Å². The number of nitrogens with one attached hydrogen (secondary N) is 1. The summed E-state index contributed by atoms with van der Waals surface area (Å²) in [6.45, 7) is 1.90. The first-order chi connectivity index (χ1) is 9.95. The van der Waals surface area contributed by atoms with E-state index in [9.17, 15) is 15.0 Å². The number of hydrogen-bond donors (Lipinski definition) is 4. The SMILES string of the molecule is Cc1ccc(NC(=O)[C@@H](N)Cc2ccc(O)c(O)c2)nc1. The Bertz CT molecular complexity index is 641. The lowest BCUT2D eigenvalue weighted by molar-refractivity contribution is -0.117. The van der Waals surface area contributed by atoms with Crippen LogP contribution in [0.3, 0.4) is 0 Å². The van der Waals surface area contributed by atoms with Gasteiger partial charge in [-0.05, 0) is 42.7 Å². The molecular formula is C15H17N3O3. The molecule has 0 aliphatic rings. The van der Waals surface area contributed by atoms with E-state index in [1.54, 1.807) is 18.3 Å². The highest BCUT2D eigenvalue weighted by atomic mass is 16.3. The fourth-order valence-electron chi connectivity index (χ4n) is 1.80. The van der Waals surface area contributed by atoms with Gasteiger partial charge in [0.2, 0.25) is 5.91 Å². The van der Waals surface area contributed by atoms with Gasteiger partial charge in [-0.3, -0.25) is 4.79 Å². The second-order valence-electron chi connectivity index (χ2n) is 4.84. The second kappa shape index (κ2) is 6.23. The van der Waals surface area contributed by atoms with E-state index in [0.29, 0.717) is 11.4 Å². The van der Waals surface area contributed by atoms with E-state index >= 15 is 0 Å². The number of phenolic OH excluding ortho intramolecular Hbond substituents is 2. The van der Waals surface area contributed by atoms with E-state index in [1.807, 2.05) is 13.0 Å². The summed E-state index contributed by atoms with van der Waals surface area (Å²) < 4.78 is 0. The number of phenols is 2. The average Bonchev–Trinajstić information content (AvgIpc) is 2.45. The maximum Gasteiger partial charge on any atom is 0.242 e. The first-order valence-corrected chi connectivity index (χ1v) is 6.45. The number of nitrogens with two attached hydrogens (primary N) is 1. The van der Waals surface area contributed by atoms with Gasteiger partial charge < -0.3 is 21.3 Å². The number of benzene rings is 1. The molecule has 0 spiro atoms. The number of nitrogens with zero attached hydrogens (tertiary/aromatic N) is 1. The molecule has 6 heteroatoms. The third kappa shape index (κ3) is 3.93. The maximum absolute atomic E-state index is 12.0. The van der Waals surface area contributed by atoms with Crippen molar-refractivity contribution in [2.45, 2.75) is 19.4 Å². The van der Waals surface area contributed by atoms with Gasteiger partial charge in [0, 0.05) is 6.20 Å². The van der Waals surface area contributed by atoms with Gasteiger partial charge in [-0.2, -0.15) is 0 Å². The Morgan fingerprint density at radius 1 is 1.29 bits per heavy atom. The van der Waals surface area contributed by atoms with Crippen molar-refractivity contribution >= 4 is 11.7 Å². The molecule has 2 aromatic rings. The fraction of sp³-hybridized carbons (Fsp3) is 0.200. The lowest BCUT2D eigenvalue weighted by Gasteiger charge is -2.12. The molecule has 1 atom stereocenters. The van der Waals surface area contributed by atoms with E-state index in [4.69, 9.17) is 5.73 Å². The smallest absolute Gasteiger partial charge is 0.242 e. The number of hydrogen-bond acceptors (Lipinski definition) is 5. The van der Waals surface area contributed by atoms with Gasteiger partial charge in [0.15, 0.2) is 11.5 Å². The number of rotatable bonds is 4. The van der Waals surface area contributed by atoms with Crippen molar-refractivity contribution in [1.29, 1.82) is 0 Å². The van der Waals surface area contributed by atoms with Crippen molar-refractivity contribution < 1.29 is 15.0 Å². The molecule has 0 bridgehead atoms. The van der Waals surface area contributed by atoms with Crippen LogP contribution in [0.4, 0.5) is 5.82 Å². The number of aromatic hydroxyl groups is 2. The lowest BCUT2D eigenvalue weighted by atomic mass is 10.1. The van der Waals surface area contributed by atoms with Gasteiger partial charge in [0.25, 0.3) is 0 Å². The molecule has 1 heterocycles. The number of amides is 1. The number of carbonyl (C=O) groups excluding carboxylic acids is 1. The van der Waals surface area contributed by atoms with Gasteiger partial charge in [-0.25, -0.2) is 4.98 Å². The highest BCUT2D eigenvalue weighted by Crippen LogP contribution is 2.25. The molecule has 1 amide bonds. The predicted molar refractivity (Wildman–Crippen MR) is 79.1 cm³/mol.